The Morgan fingerprint density at radius 1 is 1.21 bits per heavy atom. The number of hydrogen-bond acceptors (Lipinski definition) is 8. The molecule has 0 aliphatic heterocycles. The molecule has 0 N–H and O–H groups in total. The summed E-state index contributed by atoms with van der Waals surface area (Å²) in [7, 11) is 0. The van der Waals surface area contributed by atoms with Crippen LogP contribution in [0, 0.1) is 30.9 Å². The van der Waals surface area contributed by atoms with E-state index in [1.54, 1.807) is 33.8 Å². The van der Waals surface area contributed by atoms with Crippen LogP contribution in [0.15, 0.2) is 18.6 Å². The maximum Gasteiger partial charge on any atom is 0.309 e. The molecule has 146 valence electrons. The zero-order chi connectivity index (χ0) is 20.3. The molecule has 11 heteroatoms. The Morgan fingerprint density at radius 3 is 2.79 bits per heavy atom. The molecule has 0 bridgehead atoms. The van der Waals surface area contributed by atoms with Gasteiger partial charge in [-0.3, -0.25) is 14.8 Å². The molecule has 0 aromatic carbocycles. The summed E-state index contributed by atoms with van der Waals surface area (Å²) in [6.45, 7) is 6.12. The number of pyridine rings is 1. The second kappa shape index (κ2) is 6.27. The Hall–Kier alpha value is -3.47. The van der Waals surface area contributed by atoms with E-state index in [1.807, 2.05) is 6.92 Å². The van der Waals surface area contributed by atoms with E-state index in [-0.39, 0.29) is 5.69 Å². The van der Waals surface area contributed by atoms with E-state index < -0.39 is 4.92 Å². The number of fused-ring (bicyclic) bond motifs is 5. The topological polar surface area (TPSA) is 117 Å². The number of thiophene rings is 1. The van der Waals surface area contributed by atoms with Gasteiger partial charge in [-0.1, -0.05) is 0 Å². The van der Waals surface area contributed by atoms with Crippen molar-refractivity contribution >= 4 is 43.1 Å². The van der Waals surface area contributed by atoms with Crippen molar-refractivity contribution in [1.29, 1.82) is 0 Å². The lowest BCUT2D eigenvalue weighted by Crippen LogP contribution is -2.03. The van der Waals surface area contributed by atoms with Crippen LogP contribution in [0.25, 0.3) is 26.1 Å². The molecule has 5 aromatic heterocycles. The van der Waals surface area contributed by atoms with Crippen LogP contribution in [-0.4, -0.2) is 39.3 Å². The quantitative estimate of drug-likeness (QED) is 0.331. The van der Waals surface area contributed by atoms with Crippen LogP contribution in [0.1, 0.15) is 22.8 Å². The van der Waals surface area contributed by atoms with Crippen LogP contribution >= 0.6 is 11.3 Å². The highest BCUT2D eigenvalue weighted by Gasteiger charge is 2.18. The van der Waals surface area contributed by atoms with Gasteiger partial charge >= 0.3 is 5.69 Å². The van der Waals surface area contributed by atoms with Gasteiger partial charge < -0.3 is 0 Å². The summed E-state index contributed by atoms with van der Waals surface area (Å²) in [5.74, 6) is 0.633. The second-order valence-corrected chi connectivity index (χ2v) is 7.95. The van der Waals surface area contributed by atoms with Crippen molar-refractivity contribution in [2.24, 2.45) is 0 Å². The van der Waals surface area contributed by atoms with E-state index in [9.17, 15) is 10.1 Å². The number of aryl methyl sites for hydroxylation is 5. The van der Waals surface area contributed by atoms with Gasteiger partial charge in [-0.2, -0.15) is 5.10 Å². The molecule has 0 amide bonds. The lowest BCUT2D eigenvalue weighted by Gasteiger charge is -1.98. The van der Waals surface area contributed by atoms with E-state index in [2.05, 4.69) is 38.1 Å². The highest BCUT2D eigenvalue weighted by Crippen LogP contribution is 2.35. The molecule has 5 rings (SSSR count). The monoisotopic (exact) mass is 408 g/mol. The second-order valence-electron chi connectivity index (χ2n) is 6.95. The molecule has 10 nitrogen and oxygen atoms in total. The molecule has 0 spiro atoms. The van der Waals surface area contributed by atoms with Gasteiger partial charge in [0.15, 0.2) is 11.5 Å². The molecule has 0 aliphatic carbocycles. The fourth-order valence-corrected chi connectivity index (χ4v) is 4.76. The van der Waals surface area contributed by atoms with Crippen molar-refractivity contribution in [2.75, 3.05) is 0 Å². The van der Waals surface area contributed by atoms with E-state index >= 15 is 0 Å². The minimum atomic E-state index is -0.427. The maximum atomic E-state index is 11.0. The standard InChI is InChI=1S/C18H16N8O2S/c1-9-6-10(2)20-18-14(9)15-16(29-18)17-21-13(23-25(17)8-19-15)4-5-24-7-12(26(27)28)11(3)22-24/h6-8H,4-5H2,1-3H3. The van der Waals surface area contributed by atoms with Gasteiger partial charge in [-0.15, -0.1) is 16.4 Å². The zero-order valence-electron chi connectivity index (χ0n) is 15.9. The number of rotatable bonds is 4. The third-order valence-corrected chi connectivity index (χ3v) is 5.89. The first-order chi connectivity index (χ1) is 13.9. The average molecular weight is 408 g/mol. The SMILES string of the molecule is Cc1cc(C)c2c(n1)sc1c2ncn2nc(CCn3cc([N+](=O)[O-])c(C)n3)nc12. The van der Waals surface area contributed by atoms with Crippen LogP contribution in [0.5, 0.6) is 0 Å². The Balaban J connectivity index is 1.53. The largest absolute Gasteiger partial charge is 0.309 e. The number of hydrogen-bond donors (Lipinski definition) is 0. The first-order valence-corrected chi connectivity index (χ1v) is 9.81. The molecule has 0 unspecified atom stereocenters. The molecule has 5 heterocycles. The summed E-state index contributed by atoms with van der Waals surface area (Å²) in [4.78, 5) is 25.4. The lowest BCUT2D eigenvalue weighted by atomic mass is 10.1. The zero-order valence-corrected chi connectivity index (χ0v) is 16.8. The van der Waals surface area contributed by atoms with Crippen LogP contribution in [-0.2, 0) is 13.0 Å². The van der Waals surface area contributed by atoms with E-state index in [0.717, 1.165) is 37.3 Å². The van der Waals surface area contributed by atoms with Gasteiger partial charge in [-0.25, -0.2) is 19.5 Å². The molecule has 0 saturated heterocycles. The summed E-state index contributed by atoms with van der Waals surface area (Å²) < 4.78 is 4.18. The van der Waals surface area contributed by atoms with Gasteiger partial charge in [-0.05, 0) is 32.4 Å². The molecule has 0 aliphatic rings. The van der Waals surface area contributed by atoms with Crippen molar-refractivity contribution in [3.8, 4) is 0 Å². The van der Waals surface area contributed by atoms with E-state index in [1.165, 1.54) is 6.20 Å². The average Bonchev–Trinajstić information content (AvgIpc) is 3.33. The fourth-order valence-electron chi connectivity index (χ4n) is 3.53. The van der Waals surface area contributed by atoms with Crippen LogP contribution in [0.3, 0.4) is 0 Å². The Bertz CT molecular complexity index is 1430. The third kappa shape index (κ3) is 2.81. The van der Waals surface area contributed by atoms with Crippen molar-refractivity contribution < 1.29 is 4.92 Å². The Labute approximate surface area is 168 Å². The molecule has 0 saturated carbocycles. The highest BCUT2D eigenvalue weighted by atomic mass is 32.1. The summed E-state index contributed by atoms with van der Waals surface area (Å²) in [5.41, 5.74) is 4.16. The van der Waals surface area contributed by atoms with Crippen LogP contribution in [0.4, 0.5) is 5.69 Å². The van der Waals surface area contributed by atoms with E-state index in [0.29, 0.717) is 24.5 Å². The summed E-state index contributed by atoms with van der Waals surface area (Å²) >= 11 is 1.57. The first kappa shape index (κ1) is 17.6. The predicted octanol–water partition coefficient (Wildman–Crippen LogP) is 3.16. The molecular weight excluding hydrogens is 392 g/mol. The summed E-state index contributed by atoms with van der Waals surface area (Å²) in [6, 6.07) is 2.06. The minimum absolute atomic E-state index is 0.0160. The predicted molar refractivity (Wildman–Crippen MR) is 108 cm³/mol. The molecule has 0 radical (unpaired) electrons. The van der Waals surface area contributed by atoms with Crippen molar-refractivity contribution in [2.45, 2.75) is 33.7 Å². The number of nitro groups is 1. The van der Waals surface area contributed by atoms with Gasteiger partial charge in [0, 0.05) is 24.0 Å². The molecule has 0 atom stereocenters. The number of aromatic nitrogens is 7. The molecule has 5 aromatic rings. The van der Waals surface area contributed by atoms with Crippen molar-refractivity contribution in [3.05, 3.63) is 51.5 Å². The van der Waals surface area contributed by atoms with Crippen LogP contribution < -0.4 is 0 Å². The summed E-state index contributed by atoms with van der Waals surface area (Å²) in [6.07, 6.45) is 3.61. The Morgan fingerprint density at radius 2 is 2.03 bits per heavy atom. The van der Waals surface area contributed by atoms with Gasteiger partial charge in [0.1, 0.15) is 27.7 Å². The minimum Gasteiger partial charge on any atom is -0.265 e. The normalized spacial score (nSPS) is 11.8. The molecule has 0 fully saturated rings. The van der Waals surface area contributed by atoms with Gasteiger partial charge in [0.25, 0.3) is 0 Å². The van der Waals surface area contributed by atoms with Crippen molar-refractivity contribution in [3.63, 3.8) is 0 Å². The van der Waals surface area contributed by atoms with E-state index in [4.69, 9.17) is 0 Å². The fraction of sp³-hybridized carbons (Fsp3) is 0.278. The smallest absolute Gasteiger partial charge is 0.265 e. The first-order valence-electron chi connectivity index (χ1n) is 9.00. The maximum absolute atomic E-state index is 11.0. The molecule has 29 heavy (non-hydrogen) atoms. The third-order valence-electron chi connectivity index (χ3n) is 4.82. The highest BCUT2D eigenvalue weighted by molar-refractivity contribution is 7.26. The summed E-state index contributed by atoms with van der Waals surface area (Å²) in [5, 5.41) is 20.7. The van der Waals surface area contributed by atoms with Gasteiger partial charge in [0.2, 0.25) is 0 Å². The van der Waals surface area contributed by atoms with Gasteiger partial charge in [0.05, 0.1) is 10.4 Å². The molecular formula is C18H16N8O2S. The lowest BCUT2D eigenvalue weighted by molar-refractivity contribution is -0.385. The van der Waals surface area contributed by atoms with Crippen LogP contribution in [0.2, 0.25) is 0 Å². The van der Waals surface area contributed by atoms with Crippen molar-refractivity contribution in [1.82, 2.24) is 34.3 Å². The Kier molecular flexibility index (Phi) is 3.81. The number of nitrogens with zero attached hydrogens (tertiary/aromatic N) is 8.